The molecule has 5 rings (SSSR count). The SMILES string of the molecule is O=CNC(Cc1ccc(OC(c2ccccc2)(c2ccc(P)cc2)c2ccccc2Cl)cc1)C(=O)Nc1ccc([N+](=O)[O-])cc1. The zero-order valence-corrected chi connectivity index (χ0v) is 25.8. The van der Waals surface area contributed by atoms with Crippen molar-refractivity contribution in [3.05, 3.63) is 165 Å². The summed E-state index contributed by atoms with van der Waals surface area (Å²) in [5, 5.41) is 17.8. The van der Waals surface area contributed by atoms with Crippen molar-refractivity contribution in [2.45, 2.75) is 18.1 Å². The summed E-state index contributed by atoms with van der Waals surface area (Å²) in [5.41, 5.74) is 2.51. The number of nitro benzene ring substituents is 1. The molecule has 226 valence electrons. The van der Waals surface area contributed by atoms with E-state index in [1.165, 1.54) is 24.3 Å². The Morgan fingerprint density at radius 3 is 2.11 bits per heavy atom. The van der Waals surface area contributed by atoms with E-state index in [1.54, 1.807) is 0 Å². The summed E-state index contributed by atoms with van der Waals surface area (Å²) in [6.07, 6.45) is 0.664. The smallest absolute Gasteiger partial charge is 0.269 e. The van der Waals surface area contributed by atoms with Gasteiger partial charge in [-0.25, -0.2) is 0 Å². The topological polar surface area (TPSA) is 111 Å². The van der Waals surface area contributed by atoms with E-state index < -0.39 is 22.5 Å². The van der Waals surface area contributed by atoms with E-state index in [2.05, 4.69) is 19.9 Å². The van der Waals surface area contributed by atoms with Crippen LogP contribution in [0.3, 0.4) is 0 Å². The summed E-state index contributed by atoms with van der Waals surface area (Å²) in [6, 6.07) is 37.4. The third-order valence-electron chi connectivity index (χ3n) is 7.32. The zero-order valence-electron chi connectivity index (χ0n) is 23.9. The number of hydrogen-bond acceptors (Lipinski definition) is 5. The molecule has 0 bridgehead atoms. The lowest BCUT2D eigenvalue weighted by molar-refractivity contribution is -0.384. The normalized spacial score (nSPS) is 12.8. The van der Waals surface area contributed by atoms with Crippen LogP contribution in [0, 0.1) is 10.1 Å². The molecule has 8 nitrogen and oxygen atoms in total. The highest BCUT2D eigenvalue weighted by molar-refractivity contribution is 7.27. The number of nitrogens with zero attached hydrogens (tertiary/aromatic N) is 1. The Morgan fingerprint density at radius 2 is 1.49 bits per heavy atom. The van der Waals surface area contributed by atoms with E-state index in [1.807, 2.05) is 103 Å². The molecule has 45 heavy (non-hydrogen) atoms. The number of halogens is 1. The average molecular weight is 638 g/mol. The van der Waals surface area contributed by atoms with Crippen molar-refractivity contribution in [3.8, 4) is 5.75 Å². The minimum absolute atomic E-state index is 0.0925. The fourth-order valence-corrected chi connectivity index (χ4v) is 5.56. The number of carbonyl (C=O) groups is 2. The van der Waals surface area contributed by atoms with E-state index in [0.717, 1.165) is 27.6 Å². The van der Waals surface area contributed by atoms with Crippen molar-refractivity contribution in [2.24, 2.45) is 0 Å². The van der Waals surface area contributed by atoms with Gasteiger partial charge >= 0.3 is 0 Å². The highest BCUT2D eigenvalue weighted by Gasteiger charge is 2.40. The van der Waals surface area contributed by atoms with Gasteiger partial charge in [-0.3, -0.25) is 19.7 Å². The maximum Gasteiger partial charge on any atom is 0.269 e. The fraction of sp³-hybridized carbons (Fsp3) is 0.0857. The number of amides is 2. The quantitative estimate of drug-likeness (QED) is 0.0540. The lowest BCUT2D eigenvalue weighted by Crippen LogP contribution is -2.41. The summed E-state index contributed by atoms with van der Waals surface area (Å²) >= 11 is 6.84. The first-order chi connectivity index (χ1) is 21.8. The average Bonchev–Trinajstić information content (AvgIpc) is 3.05. The van der Waals surface area contributed by atoms with Crippen LogP contribution in [0.5, 0.6) is 5.75 Å². The van der Waals surface area contributed by atoms with Crippen LogP contribution >= 0.6 is 20.8 Å². The van der Waals surface area contributed by atoms with Crippen molar-refractivity contribution in [2.75, 3.05) is 5.32 Å². The largest absolute Gasteiger partial charge is 0.473 e. The number of ether oxygens (including phenoxy) is 1. The number of nitro groups is 1. The van der Waals surface area contributed by atoms with Gasteiger partial charge in [-0.15, -0.1) is 9.24 Å². The molecule has 0 heterocycles. The van der Waals surface area contributed by atoms with Crippen LogP contribution in [0.2, 0.25) is 5.02 Å². The van der Waals surface area contributed by atoms with E-state index in [0.29, 0.717) is 22.9 Å². The molecule has 5 aromatic carbocycles. The highest BCUT2D eigenvalue weighted by atomic mass is 35.5. The Bertz CT molecular complexity index is 1790. The number of non-ortho nitro benzene ring substituents is 1. The van der Waals surface area contributed by atoms with Crippen molar-refractivity contribution in [3.63, 3.8) is 0 Å². The van der Waals surface area contributed by atoms with Gasteiger partial charge in [0, 0.05) is 46.0 Å². The number of benzene rings is 5. The Labute approximate surface area is 267 Å². The van der Waals surface area contributed by atoms with Crippen LogP contribution in [0.4, 0.5) is 11.4 Å². The lowest BCUT2D eigenvalue weighted by atomic mass is 9.80. The van der Waals surface area contributed by atoms with E-state index in [-0.39, 0.29) is 12.1 Å². The van der Waals surface area contributed by atoms with Gasteiger partial charge in [0.1, 0.15) is 11.8 Å². The Balaban J connectivity index is 1.44. The van der Waals surface area contributed by atoms with Crippen molar-refractivity contribution in [1.82, 2.24) is 5.32 Å². The van der Waals surface area contributed by atoms with Gasteiger partial charge in [0.2, 0.25) is 12.3 Å². The third-order valence-corrected chi connectivity index (χ3v) is 8.03. The summed E-state index contributed by atoms with van der Waals surface area (Å²) in [5.74, 6) is 0.100. The first-order valence-corrected chi connectivity index (χ1v) is 14.9. The Kier molecular flexibility index (Phi) is 9.88. The maximum absolute atomic E-state index is 13.0. The van der Waals surface area contributed by atoms with Gasteiger partial charge < -0.3 is 15.4 Å². The first kappa shape index (κ1) is 31.4. The van der Waals surface area contributed by atoms with Crippen LogP contribution in [-0.2, 0) is 21.6 Å². The summed E-state index contributed by atoms with van der Waals surface area (Å²) in [7, 11) is 2.70. The molecule has 0 fully saturated rings. The molecule has 2 N–H and O–H groups in total. The molecule has 0 spiro atoms. The van der Waals surface area contributed by atoms with Gasteiger partial charge in [0.15, 0.2) is 5.60 Å². The number of nitrogens with one attached hydrogen (secondary N) is 2. The van der Waals surface area contributed by atoms with Crippen molar-refractivity contribution in [1.29, 1.82) is 0 Å². The molecule has 10 heteroatoms. The molecular formula is C35H29ClN3O5P. The number of anilines is 1. The third kappa shape index (κ3) is 7.20. The molecule has 0 aliphatic heterocycles. The molecule has 0 saturated heterocycles. The molecule has 0 aliphatic rings. The van der Waals surface area contributed by atoms with Gasteiger partial charge in [-0.05, 0) is 41.2 Å². The molecule has 0 radical (unpaired) electrons. The second-order valence-electron chi connectivity index (χ2n) is 10.2. The molecule has 0 aromatic heterocycles. The Hall–Kier alpha value is -5.04. The molecular weight excluding hydrogens is 609 g/mol. The highest BCUT2D eigenvalue weighted by Crippen LogP contribution is 2.43. The molecule has 5 aromatic rings. The predicted molar refractivity (Wildman–Crippen MR) is 179 cm³/mol. The van der Waals surface area contributed by atoms with E-state index in [9.17, 15) is 19.7 Å². The second kappa shape index (κ2) is 14.2. The minimum Gasteiger partial charge on any atom is -0.473 e. The molecule has 0 aliphatic carbocycles. The maximum atomic E-state index is 13.0. The van der Waals surface area contributed by atoms with Crippen molar-refractivity contribution >= 4 is 49.8 Å². The van der Waals surface area contributed by atoms with Gasteiger partial charge in [-0.2, -0.15) is 0 Å². The zero-order chi connectivity index (χ0) is 31.8. The van der Waals surface area contributed by atoms with E-state index in [4.69, 9.17) is 16.3 Å². The monoisotopic (exact) mass is 637 g/mol. The number of rotatable bonds is 12. The summed E-state index contributed by atoms with van der Waals surface area (Å²) in [6.45, 7) is 0. The van der Waals surface area contributed by atoms with Crippen LogP contribution in [0.25, 0.3) is 0 Å². The van der Waals surface area contributed by atoms with Crippen LogP contribution in [0.1, 0.15) is 22.3 Å². The summed E-state index contributed by atoms with van der Waals surface area (Å²) < 4.78 is 6.95. The second-order valence-corrected chi connectivity index (χ2v) is 11.3. The van der Waals surface area contributed by atoms with Crippen LogP contribution < -0.4 is 20.7 Å². The number of hydrogen-bond donors (Lipinski definition) is 2. The van der Waals surface area contributed by atoms with E-state index >= 15 is 0 Å². The fourth-order valence-electron chi connectivity index (χ4n) is 5.10. The van der Waals surface area contributed by atoms with Gasteiger partial charge in [0.05, 0.1) is 4.92 Å². The first-order valence-electron chi connectivity index (χ1n) is 14.0. The van der Waals surface area contributed by atoms with Crippen LogP contribution in [0.15, 0.2) is 127 Å². The minimum atomic E-state index is -1.09. The molecule has 3 unspecified atom stereocenters. The van der Waals surface area contributed by atoms with Gasteiger partial charge in [0.25, 0.3) is 5.69 Å². The van der Waals surface area contributed by atoms with Gasteiger partial charge in [-0.1, -0.05) is 96.5 Å². The number of carbonyl (C=O) groups excluding carboxylic acids is 2. The standard InChI is InChI=1S/C35H29ClN3O5P/c36-32-9-5-4-8-31(32)35(25-6-2-1-3-7-25,26-12-20-30(45)21-13-26)44-29-18-10-24(11-19-29)22-33(37-23-40)34(41)38-27-14-16-28(17-15-27)39(42)43/h1-21,23,33H,22,45H2,(H,37,40)(H,38,41). The molecule has 2 amide bonds. The lowest BCUT2D eigenvalue weighted by Gasteiger charge is -2.37. The predicted octanol–water partition coefficient (Wildman–Crippen LogP) is 6.42. The molecule has 3 atom stereocenters. The Morgan fingerprint density at radius 1 is 0.867 bits per heavy atom. The molecule has 0 saturated carbocycles. The van der Waals surface area contributed by atoms with Crippen molar-refractivity contribution < 1.29 is 19.2 Å². The summed E-state index contributed by atoms with van der Waals surface area (Å²) in [4.78, 5) is 34.8. The van der Waals surface area contributed by atoms with Crippen LogP contribution in [-0.4, -0.2) is 23.3 Å².